The Balaban J connectivity index is 2.09. The van der Waals surface area contributed by atoms with Crippen molar-refractivity contribution >= 4 is 11.7 Å². The number of aromatic nitrogens is 2. The standard InChI is InChI=1S/C12H18N4O2/c1-12(2,11(13)18)6-14-8-5-9(17)16-10(15-8)7-3-4-7/h5,7H,3-4,6H2,1-2H3,(H2,13,18)(H2,14,15,16,17). The summed E-state index contributed by atoms with van der Waals surface area (Å²) in [5, 5.41) is 3.00. The molecule has 1 aliphatic rings. The summed E-state index contributed by atoms with van der Waals surface area (Å²) < 4.78 is 0. The lowest BCUT2D eigenvalue weighted by molar-refractivity contribution is -0.125. The molecule has 1 aromatic rings. The predicted molar refractivity (Wildman–Crippen MR) is 68.3 cm³/mol. The molecular formula is C12H18N4O2. The van der Waals surface area contributed by atoms with Gasteiger partial charge in [-0.3, -0.25) is 9.59 Å². The highest BCUT2D eigenvalue weighted by molar-refractivity contribution is 5.80. The fourth-order valence-corrected chi connectivity index (χ4v) is 1.52. The Kier molecular flexibility index (Phi) is 3.11. The first-order valence-electron chi connectivity index (χ1n) is 6.03. The Morgan fingerprint density at radius 1 is 1.61 bits per heavy atom. The summed E-state index contributed by atoms with van der Waals surface area (Å²) in [6.07, 6.45) is 2.14. The number of hydrogen-bond donors (Lipinski definition) is 3. The summed E-state index contributed by atoms with van der Waals surface area (Å²) in [5.74, 6) is 1.21. The summed E-state index contributed by atoms with van der Waals surface area (Å²) >= 11 is 0. The van der Waals surface area contributed by atoms with Gasteiger partial charge in [0, 0.05) is 18.5 Å². The smallest absolute Gasteiger partial charge is 0.252 e. The number of anilines is 1. The molecule has 1 heterocycles. The first-order chi connectivity index (χ1) is 8.38. The van der Waals surface area contributed by atoms with Gasteiger partial charge >= 0.3 is 0 Å². The first kappa shape index (κ1) is 12.6. The molecule has 4 N–H and O–H groups in total. The zero-order valence-electron chi connectivity index (χ0n) is 10.6. The number of nitrogens with zero attached hydrogens (tertiary/aromatic N) is 1. The van der Waals surface area contributed by atoms with Gasteiger partial charge in [0.1, 0.15) is 11.6 Å². The molecule has 1 fully saturated rings. The van der Waals surface area contributed by atoms with E-state index >= 15 is 0 Å². The van der Waals surface area contributed by atoms with Crippen molar-refractivity contribution < 1.29 is 4.79 Å². The van der Waals surface area contributed by atoms with E-state index in [1.165, 1.54) is 6.07 Å². The third-order valence-corrected chi connectivity index (χ3v) is 3.10. The lowest BCUT2D eigenvalue weighted by Gasteiger charge is -2.21. The fraction of sp³-hybridized carbons (Fsp3) is 0.583. The topological polar surface area (TPSA) is 101 Å². The van der Waals surface area contributed by atoms with E-state index in [4.69, 9.17) is 5.73 Å². The van der Waals surface area contributed by atoms with Crippen LogP contribution in [0.4, 0.5) is 5.82 Å². The Morgan fingerprint density at radius 2 is 2.28 bits per heavy atom. The lowest BCUT2D eigenvalue weighted by atomic mass is 9.93. The second kappa shape index (κ2) is 4.44. The van der Waals surface area contributed by atoms with Crippen LogP contribution >= 0.6 is 0 Å². The van der Waals surface area contributed by atoms with Gasteiger partial charge in [0.05, 0.1) is 5.41 Å². The maximum atomic E-state index is 11.5. The minimum atomic E-state index is -0.677. The Bertz CT molecular complexity index is 517. The van der Waals surface area contributed by atoms with Gasteiger partial charge in [-0.05, 0) is 26.7 Å². The lowest BCUT2D eigenvalue weighted by Crippen LogP contribution is -2.37. The van der Waals surface area contributed by atoms with Crippen LogP contribution in [-0.4, -0.2) is 22.4 Å². The molecule has 0 aromatic carbocycles. The number of nitrogens with one attached hydrogen (secondary N) is 2. The molecule has 1 amide bonds. The van der Waals surface area contributed by atoms with Crippen molar-refractivity contribution in [1.82, 2.24) is 9.97 Å². The third-order valence-electron chi connectivity index (χ3n) is 3.10. The molecule has 1 aromatic heterocycles. The minimum Gasteiger partial charge on any atom is -0.369 e. The summed E-state index contributed by atoms with van der Waals surface area (Å²) in [6.45, 7) is 3.84. The zero-order chi connectivity index (χ0) is 13.3. The van der Waals surface area contributed by atoms with Crippen LogP contribution in [0.2, 0.25) is 0 Å². The second-order valence-corrected chi connectivity index (χ2v) is 5.39. The first-order valence-corrected chi connectivity index (χ1v) is 6.03. The molecule has 1 aliphatic carbocycles. The van der Waals surface area contributed by atoms with E-state index in [1.807, 2.05) is 0 Å². The second-order valence-electron chi connectivity index (χ2n) is 5.39. The summed E-state index contributed by atoms with van der Waals surface area (Å²) in [5.41, 5.74) is 4.43. The SMILES string of the molecule is CC(C)(CNc1cc(=O)[nH]c(C2CC2)n1)C(N)=O. The monoisotopic (exact) mass is 250 g/mol. The van der Waals surface area contributed by atoms with Gasteiger partial charge in [-0.1, -0.05) is 0 Å². The van der Waals surface area contributed by atoms with Crippen LogP contribution in [0.15, 0.2) is 10.9 Å². The number of primary amides is 1. The molecule has 0 atom stereocenters. The molecule has 0 saturated heterocycles. The molecule has 0 aliphatic heterocycles. The molecule has 2 rings (SSSR count). The van der Waals surface area contributed by atoms with E-state index in [9.17, 15) is 9.59 Å². The Labute approximate surface area is 105 Å². The fourth-order valence-electron chi connectivity index (χ4n) is 1.52. The van der Waals surface area contributed by atoms with Crippen molar-refractivity contribution in [2.45, 2.75) is 32.6 Å². The number of rotatable bonds is 5. The summed E-state index contributed by atoms with van der Waals surface area (Å²) in [6, 6.07) is 1.39. The molecule has 0 spiro atoms. The molecule has 0 bridgehead atoms. The number of nitrogens with two attached hydrogens (primary N) is 1. The summed E-state index contributed by atoms with van der Waals surface area (Å²) in [7, 11) is 0. The third kappa shape index (κ3) is 2.88. The van der Waals surface area contributed by atoms with Crippen molar-refractivity contribution in [3.8, 4) is 0 Å². The van der Waals surface area contributed by atoms with Gasteiger partial charge in [0.25, 0.3) is 5.56 Å². The average molecular weight is 250 g/mol. The van der Waals surface area contributed by atoms with E-state index in [1.54, 1.807) is 13.8 Å². The Morgan fingerprint density at radius 3 is 2.83 bits per heavy atom. The number of amides is 1. The van der Waals surface area contributed by atoms with Crippen molar-refractivity contribution in [2.75, 3.05) is 11.9 Å². The minimum absolute atomic E-state index is 0.175. The van der Waals surface area contributed by atoms with Gasteiger partial charge < -0.3 is 16.0 Å². The largest absolute Gasteiger partial charge is 0.369 e. The van der Waals surface area contributed by atoms with E-state index in [-0.39, 0.29) is 11.5 Å². The molecule has 18 heavy (non-hydrogen) atoms. The van der Waals surface area contributed by atoms with Gasteiger partial charge in [-0.15, -0.1) is 0 Å². The molecule has 1 saturated carbocycles. The highest BCUT2D eigenvalue weighted by Crippen LogP contribution is 2.37. The number of carbonyl (C=O) groups excluding carboxylic acids is 1. The highest BCUT2D eigenvalue weighted by atomic mass is 16.1. The van der Waals surface area contributed by atoms with Crippen LogP contribution in [0.3, 0.4) is 0 Å². The Hall–Kier alpha value is -1.85. The van der Waals surface area contributed by atoms with Crippen LogP contribution in [-0.2, 0) is 4.79 Å². The van der Waals surface area contributed by atoms with Crippen LogP contribution in [0.25, 0.3) is 0 Å². The van der Waals surface area contributed by atoms with E-state index in [0.29, 0.717) is 18.3 Å². The molecule has 98 valence electrons. The average Bonchev–Trinajstić information content (AvgIpc) is 3.09. The quantitative estimate of drug-likeness (QED) is 0.711. The normalized spacial score (nSPS) is 15.4. The van der Waals surface area contributed by atoms with Crippen LogP contribution in [0, 0.1) is 5.41 Å². The van der Waals surface area contributed by atoms with Gasteiger partial charge in [-0.2, -0.15) is 0 Å². The van der Waals surface area contributed by atoms with Crippen LogP contribution < -0.4 is 16.6 Å². The van der Waals surface area contributed by atoms with Crippen molar-refractivity contribution in [3.05, 3.63) is 22.2 Å². The van der Waals surface area contributed by atoms with E-state index < -0.39 is 5.41 Å². The molecule has 6 nitrogen and oxygen atoms in total. The molecule has 0 radical (unpaired) electrons. The van der Waals surface area contributed by atoms with E-state index in [2.05, 4.69) is 15.3 Å². The van der Waals surface area contributed by atoms with Crippen LogP contribution in [0.1, 0.15) is 38.4 Å². The number of carbonyl (C=O) groups is 1. The number of aromatic amines is 1. The highest BCUT2D eigenvalue weighted by Gasteiger charge is 2.27. The molecule has 6 heteroatoms. The van der Waals surface area contributed by atoms with Gasteiger partial charge in [0.2, 0.25) is 5.91 Å². The van der Waals surface area contributed by atoms with Gasteiger partial charge in [0.15, 0.2) is 0 Å². The van der Waals surface area contributed by atoms with Crippen molar-refractivity contribution in [1.29, 1.82) is 0 Å². The number of hydrogen-bond acceptors (Lipinski definition) is 4. The number of H-pyrrole nitrogens is 1. The summed E-state index contributed by atoms with van der Waals surface area (Å²) in [4.78, 5) is 29.7. The zero-order valence-corrected chi connectivity index (χ0v) is 10.6. The van der Waals surface area contributed by atoms with Gasteiger partial charge in [-0.25, -0.2) is 4.98 Å². The maximum Gasteiger partial charge on any atom is 0.252 e. The molecule has 0 unspecified atom stereocenters. The van der Waals surface area contributed by atoms with Crippen molar-refractivity contribution in [2.24, 2.45) is 11.1 Å². The predicted octanol–water partition coefficient (Wildman–Crippen LogP) is 0.571. The van der Waals surface area contributed by atoms with Crippen molar-refractivity contribution in [3.63, 3.8) is 0 Å². The van der Waals surface area contributed by atoms with Crippen LogP contribution in [0.5, 0.6) is 0 Å². The maximum absolute atomic E-state index is 11.5. The molecular weight excluding hydrogens is 232 g/mol. The van der Waals surface area contributed by atoms with E-state index in [0.717, 1.165) is 18.7 Å².